The first-order valence-corrected chi connectivity index (χ1v) is 7.15. The summed E-state index contributed by atoms with van der Waals surface area (Å²) in [6, 6.07) is 10.2. The number of ketones is 1. The minimum Gasteiger partial charge on any atom is -0.384 e. The number of β-amino-alcohol motifs (C(OH)–C–C–N with tert-alkyl or cyclic N) is 1. The van der Waals surface area contributed by atoms with E-state index >= 15 is 0 Å². The Hall–Kier alpha value is -1.45. The maximum Gasteiger partial charge on any atom is 0.130 e. The summed E-state index contributed by atoms with van der Waals surface area (Å²) in [6.45, 7) is 7.62. The lowest BCUT2D eigenvalue weighted by molar-refractivity contribution is -0.121. The number of likely N-dealkylation sites (tertiary alicyclic amines) is 1. The van der Waals surface area contributed by atoms with Crippen LogP contribution in [0.3, 0.4) is 0 Å². The number of aliphatic hydroxyl groups is 1. The van der Waals surface area contributed by atoms with Gasteiger partial charge in [-0.05, 0) is 25.5 Å². The molecule has 1 saturated heterocycles. The first kappa shape index (κ1) is 14.9. The maximum absolute atomic E-state index is 11.3. The SMILES string of the molecule is C=C[C@]1(O)CN(Cc2ccccc2)CC[C@@H]1CC(C)=O. The van der Waals surface area contributed by atoms with Crippen molar-refractivity contribution in [3.8, 4) is 0 Å². The zero-order valence-corrected chi connectivity index (χ0v) is 12.1. The predicted octanol–water partition coefficient (Wildman–Crippen LogP) is 2.40. The second-order valence-corrected chi connectivity index (χ2v) is 5.78. The van der Waals surface area contributed by atoms with Crippen molar-refractivity contribution < 1.29 is 9.90 Å². The third kappa shape index (κ3) is 3.56. The van der Waals surface area contributed by atoms with Gasteiger partial charge in [0.05, 0.1) is 5.60 Å². The van der Waals surface area contributed by atoms with Gasteiger partial charge in [0.25, 0.3) is 0 Å². The highest BCUT2D eigenvalue weighted by atomic mass is 16.3. The number of carbonyl (C=O) groups excluding carboxylic acids is 1. The maximum atomic E-state index is 11.3. The average molecular weight is 273 g/mol. The molecule has 20 heavy (non-hydrogen) atoms. The molecule has 0 aromatic heterocycles. The van der Waals surface area contributed by atoms with Crippen molar-refractivity contribution >= 4 is 5.78 Å². The van der Waals surface area contributed by atoms with Crippen molar-refractivity contribution in [3.63, 3.8) is 0 Å². The Kier molecular flexibility index (Phi) is 4.73. The molecular weight excluding hydrogens is 250 g/mol. The van der Waals surface area contributed by atoms with Crippen LogP contribution >= 0.6 is 0 Å². The summed E-state index contributed by atoms with van der Waals surface area (Å²) >= 11 is 0. The fourth-order valence-electron chi connectivity index (χ4n) is 2.99. The van der Waals surface area contributed by atoms with Gasteiger partial charge in [-0.2, -0.15) is 0 Å². The number of hydrogen-bond donors (Lipinski definition) is 1. The molecule has 0 spiro atoms. The Morgan fingerprint density at radius 2 is 2.20 bits per heavy atom. The van der Waals surface area contributed by atoms with Gasteiger partial charge in [0, 0.05) is 25.4 Å². The molecule has 0 radical (unpaired) electrons. The molecule has 2 rings (SSSR count). The Balaban J connectivity index is 2.03. The first-order chi connectivity index (χ1) is 9.53. The van der Waals surface area contributed by atoms with E-state index in [0.717, 1.165) is 19.5 Å². The van der Waals surface area contributed by atoms with E-state index in [1.54, 1.807) is 13.0 Å². The summed E-state index contributed by atoms with van der Waals surface area (Å²) in [6.07, 6.45) is 2.87. The Morgan fingerprint density at radius 3 is 2.80 bits per heavy atom. The summed E-state index contributed by atoms with van der Waals surface area (Å²) < 4.78 is 0. The van der Waals surface area contributed by atoms with Crippen LogP contribution in [0.15, 0.2) is 43.0 Å². The minimum absolute atomic E-state index is 0.00970. The van der Waals surface area contributed by atoms with E-state index in [2.05, 4.69) is 23.6 Å². The molecule has 0 amide bonds. The lowest BCUT2D eigenvalue weighted by Gasteiger charge is -2.43. The molecule has 108 valence electrons. The standard InChI is InChI=1S/C17H23NO2/c1-3-17(20)13-18(10-9-16(17)11-14(2)19)12-15-7-5-4-6-8-15/h3-8,16,20H,1,9-13H2,2H3/t16-,17+/m1/s1. The average Bonchev–Trinajstić information content (AvgIpc) is 2.43. The van der Waals surface area contributed by atoms with Crippen molar-refractivity contribution in [1.82, 2.24) is 4.90 Å². The van der Waals surface area contributed by atoms with Gasteiger partial charge >= 0.3 is 0 Å². The Morgan fingerprint density at radius 1 is 1.50 bits per heavy atom. The molecule has 1 N–H and O–H groups in total. The van der Waals surface area contributed by atoms with Crippen molar-refractivity contribution in [2.24, 2.45) is 5.92 Å². The van der Waals surface area contributed by atoms with E-state index in [0.29, 0.717) is 13.0 Å². The van der Waals surface area contributed by atoms with Crippen LogP contribution in [0.4, 0.5) is 0 Å². The third-order valence-electron chi connectivity index (χ3n) is 4.11. The van der Waals surface area contributed by atoms with Crippen LogP contribution in [-0.2, 0) is 11.3 Å². The van der Waals surface area contributed by atoms with Gasteiger partial charge in [-0.1, -0.05) is 36.4 Å². The fraction of sp³-hybridized carbons (Fsp3) is 0.471. The van der Waals surface area contributed by atoms with Gasteiger partial charge in [-0.25, -0.2) is 0 Å². The number of rotatable bonds is 5. The molecule has 3 nitrogen and oxygen atoms in total. The molecule has 1 aromatic carbocycles. The lowest BCUT2D eigenvalue weighted by Crippen LogP contribution is -2.52. The number of hydrogen-bond acceptors (Lipinski definition) is 3. The highest BCUT2D eigenvalue weighted by Crippen LogP contribution is 2.32. The molecular formula is C17H23NO2. The monoisotopic (exact) mass is 273 g/mol. The molecule has 0 saturated carbocycles. The summed E-state index contributed by atoms with van der Waals surface area (Å²) in [5.74, 6) is 0.122. The molecule has 1 aromatic rings. The van der Waals surface area contributed by atoms with Gasteiger partial charge in [0.2, 0.25) is 0 Å². The molecule has 0 unspecified atom stereocenters. The molecule has 1 heterocycles. The Bertz CT molecular complexity index is 471. The number of carbonyl (C=O) groups is 1. The third-order valence-corrected chi connectivity index (χ3v) is 4.11. The topological polar surface area (TPSA) is 40.5 Å². The van der Waals surface area contributed by atoms with Crippen LogP contribution in [0.2, 0.25) is 0 Å². The summed E-state index contributed by atoms with van der Waals surface area (Å²) in [4.78, 5) is 13.6. The molecule has 1 aliphatic heterocycles. The van der Waals surface area contributed by atoms with Gasteiger partial charge in [-0.15, -0.1) is 6.58 Å². The van der Waals surface area contributed by atoms with Crippen LogP contribution in [0.5, 0.6) is 0 Å². The summed E-state index contributed by atoms with van der Waals surface area (Å²) in [7, 11) is 0. The van der Waals surface area contributed by atoms with E-state index in [4.69, 9.17) is 0 Å². The smallest absolute Gasteiger partial charge is 0.130 e. The zero-order valence-electron chi connectivity index (χ0n) is 12.1. The number of Topliss-reactive ketones (excluding diaryl/α,β-unsaturated/α-hetero) is 1. The molecule has 2 atom stereocenters. The zero-order chi connectivity index (χ0) is 14.6. The highest BCUT2D eigenvalue weighted by molar-refractivity contribution is 5.75. The van der Waals surface area contributed by atoms with Crippen LogP contribution < -0.4 is 0 Å². The number of nitrogens with zero attached hydrogens (tertiary/aromatic N) is 1. The van der Waals surface area contributed by atoms with E-state index < -0.39 is 5.60 Å². The van der Waals surface area contributed by atoms with Crippen LogP contribution in [0.25, 0.3) is 0 Å². The fourth-order valence-corrected chi connectivity index (χ4v) is 2.99. The molecule has 1 aliphatic rings. The lowest BCUT2D eigenvalue weighted by atomic mass is 9.78. The predicted molar refractivity (Wildman–Crippen MR) is 80.3 cm³/mol. The van der Waals surface area contributed by atoms with Crippen molar-refractivity contribution in [2.75, 3.05) is 13.1 Å². The van der Waals surface area contributed by atoms with Crippen LogP contribution in [-0.4, -0.2) is 34.5 Å². The number of piperidine rings is 1. The van der Waals surface area contributed by atoms with Crippen molar-refractivity contribution in [2.45, 2.75) is 31.9 Å². The highest BCUT2D eigenvalue weighted by Gasteiger charge is 2.39. The van der Waals surface area contributed by atoms with Gasteiger partial charge < -0.3 is 9.90 Å². The van der Waals surface area contributed by atoms with Crippen LogP contribution in [0.1, 0.15) is 25.3 Å². The Labute approximate surface area is 120 Å². The van der Waals surface area contributed by atoms with E-state index in [9.17, 15) is 9.90 Å². The first-order valence-electron chi connectivity index (χ1n) is 7.15. The summed E-state index contributed by atoms with van der Waals surface area (Å²) in [5.41, 5.74) is 0.280. The largest absolute Gasteiger partial charge is 0.384 e. The molecule has 0 aliphatic carbocycles. The molecule has 1 fully saturated rings. The van der Waals surface area contributed by atoms with Gasteiger partial charge in [0.15, 0.2) is 0 Å². The molecule has 3 heteroatoms. The number of benzene rings is 1. The summed E-state index contributed by atoms with van der Waals surface area (Å²) in [5, 5.41) is 10.7. The normalized spacial score (nSPS) is 27.2. The van der Waals surface area contributed by atoms with E-state index in [-0.39, 0.29) is 11.7 Å². The second-order valence-electron chi connectivity index (χ2n) is 5.78. The minimum atomic E-state index is -0.960. The van der Waals surface area contributed by atoms with Crippen LogP contribution in [0, 0.1) is 5.92 Å². The molecule has 0 bridgehead atoms. The van der Waals surface area contributed by atoms with E-state index in [1.165, 1.54) is 5.56 Å². The van der Waals surface area contributed by atoms with Crippen molar-refractivity contribution in [1.29, 1.82) is 0 Å². The van der Waals surface area contributed by atoms with Gasteiger partial charge in [0.1, 0.15) is 5.78 Å². The van der Waals surface area contributed by atoms with Gasteiger partial charge in [-0.3, -0.25) is 4.90 Å². The van der Waals surface area contributed by atoms with E-state index in [1.807, 2.05) is 18.2 Å². The van der Waals surface area contributed by atoms with Crippen molar-refractivity contribution in [3.05, 3.63) is 48.6 Å². The quantitative estimate of drug-likeness (QED) is 0.838. The second kappa shape index (κ2) is 6.33.